The molecule has 0 aliphatic rings. The maximum atomic E-state index is 12.5. The minimum atomic E-state index is -0.419. The van der Waals surface area contributed by atoms with Crippen molar-refractivity contribution in [3.63, 3.8) is 0 Å². The van der Waals surface area contributed by atoms with Gasteiger partial charge in [0.2, 0.25) is 5.91 Å². The Labute approximate surface area is 193 Å². The molecule has 2 aromatic carbocycles. The lowest BCUT2D eigenvalue weighted by molar-refractivity contribution is -0.113. The number of rotatable bonds is 8. The second kappa shape index (κ2) is 10.3. The topological polar surface area (TPSA) is 86.1 Å². The molecule has 1 amide bonds. The number of benzene rings is 2. The van der Waals surface area contributed by atoms with Gasteiger partial charge >= 0.3 is 5.97 Å². The van der Waals surface area contributed by atoms with Crippen molar-refractivity contribution >= 4 is 40.7 Å². The van der Waals surface area contributed by atoms with Crippen molar-refractivity contribution in [3.05, 3.63) is 83.2 Å². The van der Waals surface area contributed by atoms with E-state index in [9.17, 15) is 9.59 Å². The minimum Gasteiger partial charge on any atom is -0.465 e. The zero-order chi connectivity index (χ0) is 22.3. The number of esters is 1. The predicted octanol–water partition coefficient (Wildman–Crippen LogP) is 4.57. The number of hydrogen-bond acceptors (Lipinski definition) is 7. The fourth-order valence-corrected chi connectivity index (χ4v) is 4.48. The molecule has 0 atom stereocenters. The van der Waals surface area contributed by atoms with Gasteiger partial charge in [-0.2, -0.15) is 0 Å². The van der Waals surface area contributed by atoms with E-state index in [1.807, 2.05) is 40.3 Å². The normalized spacial score (nSPS) is 10.7. The van der Waals surface area contributed by atoms with Gasteiger partial charge < -0.3 is 10.1 Å². The summed E-state index contributed by atoms with van der Waals surface area (Å²) in [5.41, 5.74) is 2.16. The monoisotopic (exact) mass is 464 g/mol. The van der Waals surface area contributed by atoms with Gasteiger partial charge in [0, 0.05) is 5.69 Å². The van der Waals surface area contributed by atoms with Crippen LogP contribution >= 0.6 is 23.1 Å². The molecule has 32 heavy (non-hydrogen) atoms. The molecule has 0 radical (unpaired) electrons. The highest BCUT2D eigenvalue weighted by Gasteiger charge is 2.17. The number of methoxy groups -OCH3 is 1. The van der Waals surface area contributed by atoms with E-state index < -0.39 is 5.97 Å². The molecular weight excluding hydrogens is 444 g/mol. The van der Waals surface area contributed by atoms with Crippen molar-refractivity contribution in [1.29, 1.82) is 0 Å². The first-order valence-corrected chi connectivity index (χ1v) is 11.6. The third-order valence-corrected chi connectivity index (χ3v) is 6.40. The van der Waals surface area contributed by atoms with Gasteiger partial charge in [-0.25, -0.2) is 4.79 Å². The molecule has 7 nitrogen and oxygen atoms in total. The van der Waals surface area contributed by atoms with Gasteiger partial charge in [-0.3, -0.25) is 9.36 Å². The van der Waals surface area contributed by atoms with Crippen LogP contribution in [0, 0.1) is 0 Å². The van der Waals surface area contributed by atoms with E-state index >= 15 is 0 Å². The van der Waals surface area contributed by atoms with Crippen LogP contribution in [-0.2, 0) is 16.1 Å². The summed E-state index contributed by atoms with van der Waals surface area (Å²) < 4.78 is 6.72. The van der Waals surface area contributed by atoms with Crippen LogP contribution in [0.4, 0.5) is 5.69 Å². The summed E-state index contributed by atoms with van der Waals surface area (Å²) in [7, 11) is 1.33. The standard InChI is InChI=1S/C23H20N4O3S2/c1-30-22(29)17-9-11-18(12-10-17)24-20(28)15-32-23-26-25-21(19-8-5-13-31-19)27(23)14-16-6-3-2-4-7-16/h2-13H,14-15H2,1H3,(H,24,28). The van der Waals surface area contributed by atoms with Crippen molar-refractivity contribution in [2.75, 3.05) is 18.2 Å². The summed E-state index contributed by atoms with van der Waals surface area (Å²) in [5, 5.41) is 14.2. The number of nitrogens with one attached hydrogen (secondary N) is 1. The Morgan fingerprint density at radius 2 is 1.81 bits per heavy atom. The lowest BCUT2D eigenvalue weighted by Gasteiger charge is -2.10. The number of anilines is 1. The smallest absolute Gasteiger partial charge is 0.337 e. The summed E-state index contributed by atoms with van der Waals surface area (Å²) in [6.45, 7) is 0.611. The maximum Gasteiger partial charge on any atom is 0.337 e. The van der Waals surface area contributed by atoms with Gasteiger partial charge in [-0.15, -0.1) is 21.5 Å². The summed E-state index contributed by atoms with van der Waals surface area (Å²) in [6, 6.07) is 20.6. The lowest BCUT2D eigenvalue weighted by Crippen LogP contribution is -2.15. The van der Waals surface area contributed by atoms with Crippen LogP contribution in [0.2, 0.25) is 0 Å². The maximum absolute atomic E-state index is 12.5. The van der Waals surface area contributed by atoms with Crippen molar-refractivity contribution in [3.8, 4) is 10.7 Å². The molecule has 0 spiro atoms. The van der Waals surface area contributed by atoms with Gasteiger partial charge in [0.05, 0.1) is 29.8 Å². The first kappa shape index (κ1) is 21.8. The molecule has 4 aromatic rings. The average molecular weight is 465 g/mol. The number of aromatic nitrogens is 3. The van der Waals surface area contributed by atoms with Gasteiger partial charge in [-0.1, -0.05) is 48.2 Å². The fraction of sp³-hybridized carbons (Fsp3) is 0.130. The van der Waals surface area contributed by atoms with Gasteiger partial charge in [-0.05, 0) is 41.3 Å². The first-order valence-electron chi connectivity index (χ1n) is 9.76. The van der Waals surface area contributed by atoms with Crippen LogP contribution in [0.25, 0.3) is 10.7 Å². The molecule has 0 saturated carbocycles. The van der Waals surface area contributed by atoms with Gasteiger partial charge in [0.1, 0.15) is 0 Å². The Hall–Kier alpha value is -3.43. The van der Waals surface area contributed by atoms with Crippen LogP contribution in [0.5, 0.6) is 0 Å². The Balaban J connectivity index is 1.45. The van der Waals surface area contributed by atoms with Gasteiger partial charge in [0.15, 0.2) is 11.0 Å². The van der Waals surface area contributed by atoms with E-state index in [0.717, 1.165) is 16.3 Å². The van der Waals surface area contributed by atoms with E-state index in [2.05, 4.69) is 32.4 Å². The van der Waals surface area contributed by atoms with Crippen LogP contribution in [0.15, 0.2) is 77.3 Å². The number of amides is 1. The molecule has 9 heteroatoms. The highest BCUT2D eigenvalue weighted by atomic mass is 32.2. The Kier molecular flexibility index (Phi) is 6.98. The zero-order valence-corrected chi connectivity index (χ0v) is 18.9. The number of ether oxygens (including phenoxy) is 1. The van der Waals surface area contributed by atoms with Gasteiger partial charge in [0.25, 0.3) is 0 Å². The Morgan fingerprint density at radius 1 is 1.03 bits per heavy atom. The van der Waals surface area contributed by atoms with Crippen molar-refractivity contribution in [2.45, 2.75) is 11.7 Å². The Morgan fingerprint density at radius 3 is 2.50 bits per heavy atom. The zero-order valence-electron chi connectivity index (χ0n) is 17.2. The lowest BCUT2D eigenvalue weighted by atomic mass is 10.2. The SMILES string of the molecule is COC(=O)c1ccc(NC(=O)CSc2nnc(-c3cccs3)n2Cc2ccccc2)cc1. The first-order chi connectivity index (χ1) is 15.6. The highest BCUT2D eigenvalue weighted by molar-refractivity contribution is 7.99. The van der Waals surface area contributed by atoms with Crippen LogP contribution in [-0.4, -0.2) is 39.5 Å². The predicted molar refractivity (Wildman–Crippen MR) is 126 cm³/mol. The molecule has 2 heterocycles. The van der Waals surface area contributed by atoms with Crippen molar-refractivity contribution in [2.24, 2.45) is 0 Å². The van der Waals surface area contributed by atoms with Crippen molar-refractivity contribution in [1.82, 2.24) is 14.8 Å². The van der Waals surface area contributed by atoms with E-state index in [1.165, 1.54) is 18.9 Å². The molecule has 1 N–H and O–H groups in total. The largest absolute Gasteiger partial charge is 0.465 e. The third kappa shape index (κ3) is 5.24. The van der Waals surface area contributed by atoms with Crippen LogP contribution in [0.3, 0.4) is 0 Å². The molecule has 0 aliphatic carbocycles. The fourth-order valence-electron chi connectivity index (χ4n) is 3.03. The molecule has 162 valence electrons. The molecule has 0 bridgehead atoms. The number of hydrogen-bond donors (Lipinski definition) is 1. The summed E-state index contributed by atoms with van der Waals surface area (Å²) in [5.74, 6) is 0.367. The third-order valence-electron chi connectivity index (χ3n) is 4.56. The quantitative estimate of drug-likeness (QED) is 0.304. The number of carbonyl (C=O) groups excluding carboxylic acids is 2. The van der Waals surface area contributed by atoms with Crippen LogP contribution < -0.4 is 5.32 Å². The molecule has 0 saturated heterocycles. The number of nitrogens with zero attached hydrogens (tertiary/aromatic N) is 3. The molecule has 0 aliphatic heterocycles. The molecule has 0 fully saturated rings. The van der Waals surface area contributed by atoms with Crippen molar-refractivity contribution < 1.29 is 14.3 Å². The number of thiophene rings is 1. The van der Waals surface area contributed by atoms with E-state index in [-0.39, 0.29) is 11.7 Å². The number of carbonyl (C=O) groups is 2. The summed E-state index contributed by atoms with van der Waals surface area (Å²) in [4.78, 5) is 25.0. The van der Waals surface area contributed by atoms with E-state index in [0.29, 0.717) is 23.0 Å². The second-order valence-electron chi connectivity index (χ2n) is 6.76. The summed E-state index contributed by atoms with van der Waals surface area (Å²) >= 11 is 2.93. The second-order valence-corrected chi connectivity index (χ2v) is 8.65. The molecule has 0 unspecified atom stereocenters. The minimum absolute atomic E-state index is 0.173. The van der Waals surface area contributed by atoms with E-state index in [1.54, 1.807) is 35.6 Å². The summed E-state index contributed by atoms with van der Waals surface area (Å²) in [6.07, 6.45) is 0. The molecular formula is C23H20N4O3S2. The van der Waals surface area contributed by atoms with Crippen LogP contribution in [0.1, 0.15) is 15.9 Å². The molecule has 4 rings (SSSR count). The average Bonchev–Trinajstić information content (AvgIpc) is 3.48. The Bertz CT molecular complexity index is 1190. The van der Waals surface area contributed by atoms with E-state index in [4.69, 9.17) is 0 Å². The highest BCUT2D eigenvalue weighted by Crippen LogP contribution is 2.28. The molecule has 2 aromatic heterocycles. The number of thioether (sulfide) groups is 1.